The summed E-state index contributed by atoms with van der Waals surface area (Å²) in [5.41, 5.74) is 1.21. The van der Waals surface area contributed by atoms with Crippen LogP contribution in [0, 0.1) is 5.82 Å². The van der Waals surface area contributed by atoms with E-state index in [4.69, 9.17) is 4.74 Å². The predicted octanol–water partition coefficient (Wildman–Crippen LogP) is 2.90. The molecular weight excluding hydrogens is 245 g/mol. The molecule has 0 aliphatic carbocycles. The number of nitrogens with zero attached hydrogens (tertiary/aromatic N) is 1. The summed E-state index contributed by atoms with van der Waals surface area (Å²) in [5, 5.41) is 9.33. The van der Waals surface area contributed by atoms with E-state index >= 15 is 0 Å². The van der Waals surface area contributed by atoms with Crippen molar-refractivity contribution >= 4 is 0 Å². The zero-order chi connectivity index (χ0) is 13.7. The number of hydrogen-bond donors (Lipinski definition) is 1. The van der Waals surface area contributed by atoms with Gasteiger partial charge >= 0.3 is 0 Å². The SMILES string of the molecule is CC(O)c1ccc(OCCc2ccccn2)cc1F. The molecule has 0 radical (unpaired) electrons. The molecule has 4 heteroatoms. The van der Waals surface area contributed by atoms with Gasteiger partial charge in [-0.3, -0.25) is 4.98 Å². The van der Waals surface area contributed by atoms with Crippen LogP contribution in [-0.2, 0) is 6.42 Å². The largest absolute Gasteiger partial charge is 0.493 e. The zero-order valence-electron chi connectivity index (χ0n) is 10.7. The molecular formula is C15H16FNO2. The Balaban J connectivity index is 1.92. The first-order valence-corrected chi connectivity index (χ1v) is 6.17. The number of benzene rings is 1. The van der Waals surface area contributed by atoms with E-state index in [1.54, 1.807) is 12.3 Å². The van der Waals surface area contributed by atoms with Crippen LogP contribution in [0.1, 0.15) is 24.3 Å². The quantitative estimate of drug-likeness (QED) is 0.899. The Hall–Kier alpha value is -1.94. The monoisotopic (exact) mass is 261 g/mol. The summed E-state index contributed by atoms with van der Waals surface area (Å²) in [5.74, 6) is 0.00293. The second-order valence-electron chi connectivity index (χ2n) is 4.28. The predicted molar refractivity (Wildman–Crippen MR) is 70.5 cm³/mol. The Morgan fingerprint density at radius 1 is 1.32 bits per heavy atom. The van der Waals surface area contributed by atoms with Gasteiger partial charge in [-0.1, -0.05) is 6.07 Å². The molecule has 2 aromatic rings. The number of aliphatic hydroxyl groups excluding tert-OH is 1. The van der Waals surface area contributed by atoms with Crippen LogP contribution in [0.15, 0.2) is 42.6 Å². The summed E-state index contributed by atoms with van der Waals surface area (Å²) < 4.78 is 19.1. The van der Waals surface area contributed by atoms with E-state index in [2.05, 4.69) is 4.98 Å². The Bertz CT molecular complexity index is 529. The van der Waals surface area contributed by atoms with Gasteiger partial charge in [0.05, 0.1) is 12.7 Å². The first-order chi connectivity index (χ1) is 9.16. The first kappa shape index (κ1) is 13.5. The van der Waals surface area contributed by atoms with Crippen LogP contribution in [0.2, 0.25) is 0 Å². The average molecular weight is 261 g/mol. The van der Waals surface area contributed by atoms with Gasteiger partial charge in [0.2, 0.25) is 0 Å². The van der Waals surface area contributed by atoms with Gasteiger partial charge in [0.25, 0.3) is 0 Å². The number of pyridine rings is 1. The van der Waals surface area contributed by atoms with Gasteiger partial charge in [0.1, 0.15) is 11.6 Å². The van der Waals surface area contributed by atoms with Crippen molar-refractivity contribution in [3.63, 3.8) is 0 Å². The Kier molecular flexibility index (Phi) is 4.47. The summed E-state index contributed by atoms with van der Waals surface area (Å²) in [4.78, 5) is 4.18. The number of hydrogen-bond acceptors (Lipinski definition) is 3. The summed E-state index contributed by atoms with van der Waals surface area (Å²) in [6.07, 6.45) is 1.58. The van der Waals surface area contributed by atoms with E-state index in [0.717, 1.165) is 5.69 Å². The minimum Gasteiger partial charge on any atom is -0.493 e. The number of aliphatic hydroxyl groups is 1. The van der Waals surface area contributed by atoms with Crippen LogP contribution in [-0.4, -0.2) is 16.7 Å². The lowest BCUT2D eigenvalue weighted by Crippen LogP contribution is -2.03. The molecule has 1 aromatic heterocycles. The van der Waals surface area contributed by atoms with E-state index in [1.165, 1.54) is 19.1 Å². The number of halogens is 1. The van der Waals surface area contributed by atoms with Crippen molar-refractivity contribution in [2.75, 3.05) is 6.61 Å². The van der Waals surface area contributed by atoms with E-state index in [0.29, 0.717) is 18.8 Å². The molecule has 0 saturated carbocycles. The molecule has 100 valence electrons. The molecule has 0 fully saturated rings. The smallest absolute Gasteiger partial charge is 0.132 e. The van der Waals surface area contributed by atoms with Crippen molar-refractivity contribution in [3.05, 3.63) is 59.7 Å². The fourth-order valence-corrected chi connectivity index (χ4v) is 1.76. The van der Waals surface area contributed by atoms with Crippen molar-refractivity contribution in [2.24, 2.45) is 0 Å². The number of rotatable bonds is 5. The molecule has 19 heavy (non-hydrogen) atoms. The van der Waals surface area contributed by atoms with Crippen LogP contribution in [0.3, 0.4) is 0 Å². The van der Waals surface area contributed by atoms with E-state index in [1.807, 2.05) is 18.2 Å². The lowest BCUT2D eigenvalue weighted by atomic mass is 10.1. The standard InChI is InChI=1S/C15H16FNO2/c1-11(18)14-6-5-13(10-15(14)16)19-9-7-12-4-2-3-8-17-12/h2-6,8,10-11,18H,7,9H2,1H3. The Labute approximate surface area is 111 Å². The maximum absolute atomic E-state index is 13.6. The maximum atomic E-state index is 13.6. The average Bonchev–Trinajstić information content (AvgIpc) is 2.39. The van der Waals surface area contributed by atoms with Crippen molar-refractivity contribution in [1.29, 1.82) is 0 Å². The van der Waals surface area contributed by atoms with Gasteiger partial charge in [-0.25, -0.2) is 4.39 Å². The molecule has 0 aliphatic heterocycles. The molecule has 1 unspecified atom stereocenters. The van der Waals surface area contributed by atoms with Crippen LogP contribution in [0.25, 0.3) is 0 Å². The highest BCUT2D eigenvalue weighted by atomic mass is 19.1. The van der Waals surface area contributed by atoms with Crippen molar-refractivity contribution < 1.29 is 14.2 Å². The van der Waals surface area contributed by atoms with Crippen molar-refractivity contribution in [2.45, 2.75) is 19.4 Å². The summed E-state index contributed by atoms with van der Waals surface area (Å²) in [6, 6.07) is 10.2. The summed E-state index contributed by atoms with van der Waals surface area (Å²) in [7, 11) is 0. The molecule has 0 spiro atoms. The second-order valence-corrected chi connectivity index (χ2v) is 4.28. The van der Waals surface area contributed by atoms with Crippen molar-refractivity contribution in [3.8, 4) is 5.75 Å². The molecule has 0 saturated heterocycles. The van der Waals surface area contributed by atoms with Crippen LogP contribution < -0.4 is 4.74 Å². The van der Waals surface area contributed by atoms with Gasteiger partial charge in [0, 0.05) is 29.9 Å². The van der Waals surface area contributed by atoms with Gasteiger partial charge < -0.3 is 9.84 Å². The highest BCUT2D eigenvalue weighted by Gasteiger charge is 2.08. The van der Waals surface area contributed by atoms with E-state index in [9.17, 15) is 9.50 Å². The molecule has 2 rings (SSSR count). The Morgan fingerprint density at radius 3 is 2.79 bits per heavy atom. The molecule has 1 N–H and O–H groups in total. The molecule has 1 atom stereocenters. The maximum Gasteiger partial charge on any atom is 0.132 e. The van der Waals surface area contributed by atoms with Crippen LogP contribution in [0.4, 0.5) is 4.39 Å². The normalized spacial score (nSPS) is 12.2. The van der Waals surface area contributed by atoms with Gasteiger partial charge in [0.15, 0.2) is 0 Å². The lowest BCUT2D eigenvalue weighted by Gasteiger charge is -2.09. The summed E-state index contributed by atoms with van der Waals surface area (Å²) in [6.45, 7) is 1.96. The first-order valence-electron chi connectivity index (χ1n) is 6.17. The van der Waals surface area contributed by atoms with E-state index < -0.39 is 11.9 Å². The molecule has 1 aromatic carbocycles. The minimum atomic E-state index is -0.817. The third kappa shape index (κ3) is 3.76. The highest BCUT2D eigenvalue weighted by molar-refractivity contribution is 5.30. The van der Waals surface area contributed by atoms with Gasteiger partial charge in [-0.2, -0.15) is 0 Å². The second kappa shape index (κ2) is 6.29. The van der Waals surface area contributed by atoms with E-state index in [-0.39, 0.29) is 5.56 Å². The van der Waals surface area contributed by atoms with Crippen LogP contribution >= 0.6 is 0 Å². The molecule has 0 amide bonds. The Morgan fingerprint density at radius 2 is 2.16 bits per heavy atom. The highest BCUT2D eigenvalue weighted by Crippen LogP contribution is 2.21. The van der Waals surface area contributed by atoms with Gasteiger partial charge in [-0.15, -0.1) is 0 Å². The molecule has 0 aliphatic rings. The minimum absolute atomic E-state index is 0.275. The molecule has 0 bridgehead atoms. The third-order valence-corrected chi connectivity index (χ3v) is 2.78. The molecule has 3 nitrogen and oxygen atoms in total. The number of ether oxygens (including phenoxy) is 1. The third-order valence-electron chi connectivity index (χ3n) is 2.78. The number of aromatic nitrogens is 1. The summed E-state index contributed by atoms with van der Waals surface area (Å²) >= 11 is 0. The van der Waals surface area contributed by atoms with Crippen molar-refractivity contribution in [1.82, 2.24) is 4.98 Å². The lowest BCUT2D eigenvalue weighted by molar-refractivity contribution is 0.194. The fraction of sp³-hybridized carbons (Fsp3) is 0.267. The fourth-order valence-electron chi connectivity index (χ4n) is 1.76. The van der Waals surface area contributed by atoms with Crippen LogP contribution in [0.5, 0.6) is 5.75 Å². The zero-order valence-corrected chi connectivity index (χ0v) is 10.7. The van der Waals surface area contributed by atoms with Gasteiger partial charge in [-0.05, 0) is 31.2 Å². The topological polar surface area (TPSA) is 42.4 Å². The molecule has 1 heterocycles.